The Balaban J connectivity index is 0.00000312. The number of rotatable bonds is 9. The maximum atomic E-state index is 9.98. The van der Waals surface area contributed by atoms with Gasteiger partial charge in [0.15, 0.2) is 5.96 Å². The fourth-order valence-corrected chi connectivity index (χ4v) is 2.39. The molecule has 0 radical (unpaired) electrons. The Hall–Kier alpha value is -0.570. The van der Waals surface area contributed by atoms with Crippen LogP contribution in [0.15, 0.2) is 29.3 Å². The van der Waals surface area contributed by atoms with Crippen molar-refractivity contribution < 1.29 is 9.84 Å². The van der Waals surface area contributed by atoms with Crippen LogP contribution in [0, 0.1) is 5.92 Å². The van der Waals surface area contributed by atoms with Crippen LogP contribution < -0.4 is 10.6 Å². The molecular formula is C18H29ClIN3O2. The van der Waals surface area contributed by atoms with E-state index >= 15 is 0 Å². The van der Waals surface area contributed by atoms with Gasteiger partial charge in [0.1, 0.15) is 0 Å². The van der Waals surface area contributed by atoms with Crippen molar-refractivity contribution in [3.63, 3.8) is 0 Å². The molecule has 2 rings (SSSR count). The monoisotopic (exact) mass is 481 g/mol. The zero-order valence-corrected chi connectivity index (χ0v) is 18.0. The number of aliphatic imine (C=N–C) groups is 1. The number of aliphatic hydroxyl groups excluding tert-OH is 1. The standard InChI is InChI=1S/C18H28ClN3O2.HI/c1-3-20-18(21-10-17(23)12-24-11-14-4-5-14)22-13(2)15-6-8-16(19)9-7-15;/h6-9,13-14,17,23H,3-5,10-12H2,1-2H3,(H2,20,21,22);1H. The quantitative estimate of drug-likeness (QED) is 0.287. The molecule has 3 N–H and O–H groups in total. The minimum atomic E-state index is -0.579. The van der Waals surface area contributed by atoms with Crippen LogP contribution in [-0.4, -0.2) is 43.5 Å². The zero-order valence-electron chi connectivity index (χ0n) is 14.9. The van der Waals surface area contributed by atoms with Gasteiger partial charge in [0, 0.05) is 18.2 Å². The summed E-state index contributed by atoms with van der Waals surface area (Å²) in [6, 6.07) is 7.82. The molecule has 0 saturated heterocycles. The van der Waals surface area contributed by atoms with Crippen molar-refractivity contribution in [3.05, 3.63) is 34.9 Å². The van der Waals surface area contributed by atoms with E-state index in [1.165, 1.54) is 12.8 Å². The summed E-state index contributed by atoms with van der Waals surface area (Å²) in [5.74, 6) is 1.39. The Bertz CT molecular complexity index is 524. The van der Waals surface area contributed by atoms with E-state index in [4.69, 9.17) is 16.3 Å². The molecule has 0 amide bonds. The van der Waals surface area contributed by atoms with Gasteiger partial charge in [-0.3, -0.25) is 4.99 Å². The molecule has 1 aromatic carbocycles. The lowest BCUT2D eigenvalue weighted by molar-refractivity contribution is 0.0368. The fourth-order valence-electron chi connectivity index (χ4n) is 2.26. The number of guanidine groups is 1. The summed E-state index contributed by atoms with van der Waals surface area (Å²) >= 11 is 5.93. The minimum Gasteiger partial charge on any atom is -0.389 e. The first-order valence-electron chi connectivity index (χ1n) is 8.64. The minimum absolute atomic E-state index is 0. The third-order valence-corrected chi connectivity index (χ3v) is 4.14. The number of hydrogen-bond acceptors (Lipinski definition) is 3. The van der Waals surface area contributed by atoms with Gasteiger partial charge in [-0.1, -0.05) is 23.7 Å². The maximum absolute atomic E-state index is 9.98. The van der Waals surface area contributed by atoms with Crippen molar-refractivity contribution in [1.82, 2.24) is 10.6 Å². The van der Waals surface area contributed by atoms with Crippen LogP contribution in [0.5, 0.6) is 0 Å². The summed E-state index contributed by atoms with van der Waals surface area (Å²) in [6.07, 6.45) is 1.93. The molecule has 2 atom stereocenters. The molecule has 142 valence electrons. The highest BCUT2D eigenvalue weighted by Crippen LogP contribution is 2.28. The van der Waals surface area contributed by atoms with E-state index in [0.717, 1.165) is 23.7 Å². The Kier molecular flexibility index (Phi) is 10.7. The summed E-state index contributed by atoms with van der Waals surface area (Å²) in [7, 11) is 0. The normalized spacial score (nSPS) is 16.7. The molecule has 5 nitrogen and oxygen atoms in total. The number of nitrogens with one attached hydrogen (secondary N) is 2. The second-order valence-corrected chi connectivity index (χ2v) is 6.71. The number of hydrogen-bond donors (Lipinski definition) is 3. The summed E-state index contributed by atoms with van der Waals surface area (Å²) in [6.45, 7) is 6.24. The van der Waals surface area contributed by atoms with Crippen molar-refractivity contribution in [1.29, 1.82) is 0 Å². The van der Waals surface area contributed by atoms with Crippen molar-refractivity contribution in [2.45, 2.75) is 38.8 Å². The number of ether oxygens (including phenoxy) is 1. The Morgan fingerprint density at radius 1 is 1.36 bits per heavy atom. The van der Waals surface area contributed by atoms with E-state index in [0.29, 0.717) is 25.0 Å². The van der Waals surface area contributed by atoms with Crippen LogP contribution in [-0.2, 0) is 4.74 Å². The van der Waals surface area contributed by atoms with Gasteiger partial charge < -0.3 is 20.5 Å². The molecule has 0 spiro atoms. The first-order chi connectivity index (χ1) is 11.6. The SMILES string of the molecule is CCNC(=NCC(O)COCC1CC1)NC(C)c1ccc(Cl)cc1.I. The number of benzene rings is 1. The van der Waals surface area contributed by atoms with E-state index in [9.17, 15) is 5.11 Å². The molecule has 0 aliphatic heterocycles. The molecule has 1 aliphatic carbocycles. The summed E-state index contributed by atoms with van der Waals surface area (Å²) in [5, 5.41) is 17.2. The summed E-state index contributed by atoms with van der Waals surface area (Å²) < 4.78 is 5.50. The van der Waals surface area contributed by atoms with E-state index in [2.05, 4.69) is 22.5 Å². The Labute approximate surface area is 172 Å². The van der Waals surface area contributed by atoms with Crippen LogP contribution in [0.3, 0.4) is 0 Å². The predicted molar refractivity (Wildman–Crippen MR) is 114 cm³/mol. The second kappa shape index (κ2) is 11.9. The first kappa shape index (κ1) is 22.5. The van der Waals surface area contributed by atoms with Gasteiger partial charge in [-0.25, -0.2) is 0 Å². The smallest absolute Gasteiger partial charge is 0.191 e. The summed E-state index contributed by atoms with van der Waals surface area (Å²) in [4.78, 5) is 4.45. The number of nitrogens with zero attached hydrogens (tertiary/aromatic N) is 1. The van der Waals surface area contributed by atoms with E-state index < -0.39 is 6.10 Å². The van der Waals surface area contributed by atoms with E-state index in [1.54, 1.807) is 0 Å². The molecule has 7 heteroatoms. The molecule has 1 saturated carbocycles. The van der Waals surface area contributed by atoms with Crippen LogP contribution in [0.25, 0.3) is 0 Å². The zero-order chi connectivity index (χ0) is 17.4. The highest BCUT2D eigenvalue weighted by molar-refractivity contribution is 14.0. The predicted octanol–water partition coefficient (Wildman–Crippen LogP) is 3.36. The van der Waals surface area contributed by atoms with Crippen LogP contribution >= 0.6 is 35.6 Å². The van der Waals surface area contributed by atoms with Gasteiger partial charge in [-0.2, -0.15) is 0 Å². The lowest BCUT2D eigenvalue weighted by Crippen LogP contribution is -2.39. The highest BCUT2D eigenvalue weighted by atomic mass is 127. The average molecular weight is 482 g/mol. The van der Waals surface area contributed by atoms with Crippen molar-refractivity contribution in [2.75, 3.05) is 26.3 Å². The molecule has 0 aromatic heterocycles. The van der Waals surface area contributed by atoms with Crippen molar-refractivity contribution >= 4 is 41.5 Å². The molecule has 1 aromatic rings. The third kappa shape index (κ3) is 9.08. The lowest BCUT2D eigenvalue weighted by Gasteiger charge is -2.19. The topological polar surface area (TPSA) is 65.9 Å². The van der Waals surface area contributed by atoms with Crippen LogP contribution in [0.4, 0.5) is 0 Å². The van der Waals surface area contributed by atoms with Crippen molar-refractivity contribution in [3.8, 4) is 0 Å². The number of halogens is 2. The fraction of sp³-hybridized carbons (Fsp3) is 0.611. The van der Waals surface area contributed by atoms with Gasteiger partial charge in [0.05, 0.1) is 25.3 Å². The van der Waals surface area contributed by atoms with Crippen LogP contribution in [0.2, 0.25) is 5.02 Å². The van der Waals surface area contributed by atoms with Gasteiger partial charge in [-0.15, -0.1) is 24.0 Å². The second-order valence-electron chi connectivity index (χ2n) is 6.27. The summed E-state index contributed by atoms with van der Waals surface area (Å²) in [5.41, 5.74) is 1.12. The van der Waals surface area contributed by atoms with Gasteiger partial charge >= 0.3 is 0 Å². The van der Waals surface area contributed by atoms with Crippen LogP contribution in [0.1, 0.15) is 38.3 Å². The number of aliphatic hydroxyl groups is 1. The largest absolute Gasteiger partial charge is 0.389 e. The van der Waals surface area contributed by atoms with Crippen molar-refractivity contribution in [2.24, 2.45) is 10.9 Å². The third-order valence-electron chi connectivity index (χ3n) is 3.89. The van der Waals surface area contributed by atoms with E-state index in [-0.39, 0.29) is 30.0 Å². The Morgan fingerprint density at radius 3 is 2.64 bits per heavy atom. The van der Waals surface area contributed by atoms with Gasteiger partial charge in [0.25, 0.3) is 0 Å². The maximum Gasteiger partial charge on any atom is 0.191 e. The molecule has 0 heterocycles. The molecule has 2 unspecified atom stereocenters. The van der Waals surface area contributed by atoms with Gasteiger partial charge in [-0.05, 0) is 50.3 Å². The van der Waals surface area contributed by atoms with Gasteiger partial charge in [0.2, 0.25) is 0 Å². The first-order valence-corrected chi connectivity index (χ1v) is 9.02. The molecule has 25 heavy (non-hydrogen) atoms. The molecule has 0 bridgehead atoms. The lowest BCUT2D eigenvalue weighted by atomic mass is 10.1. The molecular weight excluding hydrogens is 453 g/mol. The average Bonchev–Trinajstić information content (AvgIpc) is 3.37. The molecule has 1 fully saturated rings. The highest BCUT2D eigenvalue weighted by Gasteiger charge is 2.21. The molecule has 1 aliphatic rings. The Morgan fingerprint density at radius 2 is 2.04 bits per heavy atom. The van der Waals surface area contributed by atoms with E-state index in [1.807, 2.05) is 31.2 Å².